The first kappa shape index (κ1) is 17.0. The summed E-state index contributed by atoms with van der Waals surface area (Å²) in [5.74, 6) is 4.96. The van der Waals surface area contributed by atoms with Crippen LogP contribution in [-0.4, -0.2) is 22.8 Å². The van der Waals surface area contributed by atoms with E-state index in [1.165, 1.54) is 44.1 Å². The summed E-state index contributed by atoms with van der Waals surface area (Å²) in [6, 6.07) is 0. The number of rotatable bonds is 1. The van der Waals surface area contributed by atoms with Gasteiger partial charge in [-0.1, -0.05) is 18.6 Å². The number of ketones is 1. The van der Waals surface area contributed by atoms with Crippen LogP contribution in [0.5, 0.6) is 0 Å². The number of ether oxygens (including phenoxy) is 1. The predicted molar refractivity (Wildman–Crippen MR) is 103 cm³/mol. The van der Waals surface area contributed by atoms with Crippen LogP contribution >= 0.6 is 0 Å². The van der Waals surface area contributed by atoms with E-state index in [1.54, 1.807) is 0 Å². The molecule has 0 bridgehead atoms. The summed E-state index contributed by atoms with van der Waals surface area (Å²) >= 11 is 0. The molecule has 6 aliphatic rings. The standard InChI is InChI=1S/C24H32O3/c1-23-9-6-18-17-5-4-16(25)12-15(17)13-19(14-2-3-14)22(18)20(23)7-10-24(23)11-8-21(26)27-24/h8,11-12,14,17-22,26H,2-7,9-10,13H2,1H3/t17-,18?,19+,20?,21?,22?,23-,24+/m0/s1. The summed E-state index contributed by atoms with van der Waals surface area (Å²) in [6.07, 6.45) is 16.0. The molecule has 146 valence electrons. The molecule has 4 saturated carbocycles. The first-order chi connectivity index (χ1) is 13.0. The maximum Gasteiger partial charge on any atom is 0.175 e. The highest BCUT2D eigenvalue weighted by atomic mass is 16.6. The number of fused-ring (bicyclic) bond motifs is 6. The number of carbonyl (C=O) groups is 1. The van der Waals surface area contributed by atoms with Gasteiger partial charge >= 0.3 is 0 Å². The highest BCUT2D eigenvalue weighted by Gasteiger charge is 2.66. The molecule has 1 aliphatic heterocycles. The molecule has 0 saturated heterocycles. The van der Waals surface area contributed by atoms with Crippen molar-refractivity contribution in [2.75, 3.05) is 0 Å². The molecule has 0 amide bonds. The molecule has 0 aromatic rings. The van der Waals surface area contributed by atoms with Crippen LogP contribution in [0.1, 0.15) is 64.7 Å². The molecule has 5 aliphatic carbocycles. The summed E-state index contributed by atoms with van der Waals surface area (Å²) in [7, 11) is 0. The number of hydrogen-bond acceptors (Lipinski definition) is 3. The minimum Gasteiger partial charge on any atom is -0.365 e. The minimum absolute atomic E-state index is 0.154. The maximum atomic E-state index is 12.1. The predicted octanol–water partition coefficient (Wildman–Crippen LogP) is 4.41. The molecule has 4 unspecified atom stereocenters. The second-order valence-corrected chi connectivity index (χ2v) is 10.6. The van der Waals surface area contributed by atoms with E-state index in [9.17, 15) is 9.90 Å². The fourth-order valence-electron chi connectivity index (χ4n) is 8.33. The molecule has 0 radical (unpaired) electrons. The van der Waals surface area contributed by atoms with E-state index in [0.717, 1.165) is 42.9 Å². The third-order valence-electron chi connectivity index (χ3n) is 9.66. The number of aliphatic hydroxyl groups is 1. The molecule has 1 spiro atoms. The van der Waals surface area contributed by atoms with Crippen LogP contribution in [0.15, 0.2) is 23.8 Å². The second-order valence-electron chi connectivity index (χ2n) is 10.6. The average molecular weight is 369 g/mol. The Balaban J connectivity index is 1.39. The maximum absolute atomic E-state index is 12.1. The van der Waals surface area contributed by atoms with Crippen LogP contribution in [0.4, 0.5) is 0 Å². The Morgan fingerprint density at radius 3 is 2.70 bits per heavy atom. The van der Waals surface area contributed by atoms with Crippen LogP contribution in [0.25, 0.3) is 0 Å². The van der Waals surface area contributed by atoms with Crippen LogP contribution in [-0.2, 0) is 9.53 Å². The van der Waals surface area contributed by atoms with Gasteiger partial charge in [0.25, 0.3) is 0 Å². The van der Waals surface area contributed by atoms with Gasteiger partial charge in [-0.25, -0.2) is 0 Å². The largest absolute Gasteiger partial charge is 0.365 e. The summed E-state index contributed by atoms with van der Waals surface area (Å²) in [5, 5.41) is 10.1. The summed E-state index contributed by atoms with van der Waals surface area (Å²) in [4.78, 5) is 12.1. The lowest BCUT2D eigenvalue weighted by molar-refractivity contribution is -0.185. The molecule has 1 heterocycles. The van der Waals surface area contributed by atoms with Crippen LogP contribution in [0.2, 0.25) is 0 Å². The average Bonchev–Trinajstić information content (AvgIpc) is 3.36. The fourth-order valence-corrected chi connectivity index (χ4v) is 8.33. The van der Waals surface area contributed by atoms with Crippen molar-refractivity contribution >= 4 is 5.78 Å². The first-order valence-corrected chi connectivity index (χ1v) is 11.3. The number of aliphatic hydroxyl groups excluding tert-OH is 1. The molecule has 3 heteroatoms. The number of carbonyl (C=O) groups excluding carboxylic acids is 1. The van der Waals surface area contributed by atoms with Gasteiger partial charge in [-0.2, -0.15) is 0 Å². The summed E-state index contributed by atoms with van der Waals surface area (Å²) in [6.45, 7) is 2.46. The van der Waals surface area contributed by atoms with Gasteiger partial charge in [-0.3, -0.25) is 4.79 Å². The van der Waals surface area contributed by atoms with E-state index in [-0.39, 0.29) is 11.0 Å². The topological polar surface area (TPSA) is 46.5 Å². The Kier molecular flexibility index (Phi) is 3.50. The van der Waals surface area contributed by atoms with Gasteiger partial charge in [0, 0.05) is 11.8 Å². The molecule has 3 nitrogen and oxygen atoms in total. The molecule has 27 heavy (non-hydrogen) atoms. The van der Waals surface area contributed by atoms with E-state index < -0.39 is 6.29 Å². The van der Waals surface area contributed by atoms with Crippen molar-refractivity contribution < 1.29 is 14.6 Å². The Bertz CT molecular complexity index is 734. The lowest BCUT2D eigenvalue weighted by atomic mass is 9.47. The Morgan fingerprint density at radius 2 is 1.96 bits per heavy atom. The molecular weight excluding hydrogens is 336 g/mol. The molecule has 0 aromatic heterocycles. The Morgan fingerprint density at radius 1 is 1.11 bits per heavy atom. The normalized spacial score (nSPS) is 53.9. The van der Waals surface area contributed by atoms with Crippen LogP contribution < -0.4 is 0 Å². The third kappa shape index (κ3) is 2.25. The van der Waals surface area contributed by atoms with Gasteiger partial charge < -0.3 is 9.84 Å². The van der Waals surface area contributed by atoms with Crippen molar-refractivity contribution in [1.82, 2.24) is 0 Å². The SMILES string of the molecule is C[C@]12CCC3C(C1CC[C@@]21C=CC(O)O1)[C@@H](C1CC1)CC1=CC(=O)CC[C@@H]13. The molecule has 6 rings (SSSR count). The molecule has 4 fully saturated rings. The van der Waals surface area contributed by atoms with Crippen molar-refractivity contribution in [3.8, 4) is 0 Å². The Labute approximate surface area is 162 Å². The zero-order valence-corrected chi connectivity index (χ0v) is 16.4. The van der Waals surface area contributed by atoms with Crippen molar-refractivity contribution in [2.45, 2.75) is 76.6 Å². The van der Waals surface area contributed by atoms with Gasteiger partial charge in [0.15, 0.2) is 12.1 Å². The number of allylic oxidation sites excluding steroid dienone is 1. The van der Waals surface area contributed by atoms with E-state index in [2.05, 4.69) is 13.0 Å². The first-order valence-electron chi connectivity index (χ1n) is 11.3. The van der Waals surface area contributed by atoms with Crippen molar-refractivity contribution in [3.05, 3.63) is 23.8 Å². The van der Waals surface area contributed by atoms with E-state index >= 15 is 0 Å². The summed E-state index contributed by atoms with van der Waals surface area (Å²) in [5.41, 5.74) is 1.42. The fraction of sp³-hybridized carbons (Fsp3) is 0.792. The third-order valence-corrected chi connectivity index (χ3v) is 9.66. The second kappa shape index (κ2) is 5.57. The van der Waals surface area contributed by atoms with E-state index in [0.29, 0.717) is 17.6 Å². The van der Waals surface area contributed by atoms with Crippen LogP contribution in [0.3, 0.4) is 0 Å². The van der Waals surface area contributed by atoms with E-state index in [4.69, 9.17) is 4.74 Å². The lowest BCUT2D eigenvalue weighted by Crippen LogP contribution is -2.54. The highest BCUT2D eigenvalue weighted by Crippen LogP contribution is 2.69. The molecular formula is C24H32O3. The molecule has 0 aromatic carbocycles. The zero-order chi connectivity index (χ0) is 18.4. The molecule has 1 N–H and O–H groups in total. The monoisotopic (exact) mass is 368 g/mol. The molecule has 8 atom stereocenters. The lowest BCUT2D eigenvalue weighted by Gasteiger charge is -2.58. The van der Waals surface area contributed by atoms with Gasteiger partial charge in [-0.05, 0) is 99.0 Å². The number of hydrogen-bond donors (Lipinski definition) is 1. The van der Waals surface area contributed by atoms with Gasteiger partial charge in [-0.15, -0.1) is 0 Å². The van der Waals surface area contributed by atoms with Crippen LogP contribution in [0, 0.1) is 40.9 Å². The quantitative estimate of drug-likeness (QED) is 0.698. The van der Waals surface area contributed by atoms with Gasteiger partial charge in [0.2, 0.25) is 0 Å². The highest BCUT2D eigenvalue weighted by molar-refractivity contribution is 5.91. The van der Waals surface area contributed by atoms with Crippen molar-refractivity contribution in [3.63, 3.8) is 0 Å². The van der Waals surface area contributed by atoms with Gasteiger partial charge in [0.1, 0.15) is 0 Å². The minimum atomic E-state index is -0.720. The smallest absolute Gasteiger partial charge is 0.175 e. The van der Waals surface area contributed by atoms with Crippen molar-refractivity contribution in [1.29, 1.82) is 0 Å². The summed E-state index contributed by atoms with van der Waals surface area (Å²) < 4.78 is 6.18. The van der Waals surface area contributed by atoms with E-state index in [1.807, 2.05) is 12.2 Å². The van der Waals surface area contributed by atoms with Crippen molar-refractivity contribution in [2.24, 2.45) is 40.9 Å². The zero-order valence-electron chi connectivity index (χ0n) is 16.4. The Hall–Kier alpha value is -0.930. The van der Waals surface area contributed by atoms with Gasteiger partial charge in [0.05, 0.1) is 5.60 Å².